The van der Waals surface area contributed by atoms with Crippen molar-refractivity contribution < 1.29 is 9.59 Å². The molecule has 0 aliphatic carbocycles. The number of para-hydroxylation sites is 1. The lowest BCUT2D eigenvalue weighted by Crippen LogP contribution is -2.52. The highest BCUT2D eigenvalue weighted by Gasteiger charge is 2.52. The van der Waals surface area contributed by atoms with Gasteiger partial charge in [0.25, 0.3) is 0 Å². The van der Waals surface area contributed by atoms with E-state index in [0.717, 1.165) is 60.7 Å². The van der Waals surface area contributed by atoms with Gasteiger partial charge >= 0.3 is 0 Å². The molecule has 0 bridgehead atoms. The number of likely N-dealkylation sites (tertiary alicyclic amines) is 1. The summed E-state index contributed by atoms with van der Waals surface area (Å²) in [7, 11) is 1.87. The molecule has 150 valence electrons. The molecular weight excluding hydrogens is 382 g/mol. The Kier molecular flexibility index (Phi) is 4.44. The van der Waals surface area contributed by atoms with Gasteiger partial charge in [0.2, 0.25) is 11.8 Å². The maximum absolute atomic E-state index is 13.1. The molecule has 5 nitrogen and oxygen atoms in total. The second-order valence-corrected chi connectivity index (χ2v) is 8.83. The second kappa shape index (κ2) is 6.89. The number of piperidine rings is 1. The van der Waals surface area contributed by atoms with Gasteiger partial charge in [0, 0.05) is 43.0 Å². The fourth-order valence-electron chi connectivity index (χ4n) is 5.31. The molecule has 6 heteroatoms. The number of fused-ring (bicyclic) bond motifs is 2. The molecule has 3 heterocycles. The highest BCUT2D eigenvalue weighted by Crippen LogP contribution is 2.47. The molecular formula is C23H25N3O2S. The molecule has 0 aromatic heterocycles. The maximum atomic E-state index is 13.1. The van der Waals surface area contributed by atoms with Crippen LogP contribution in [0.15, 0.2) is 53.4 Å². The first kappa shape index (κ1) is 18.7. The summed E-state index contributed by atoms with van der Waals surface area (Å²) in [6.45, 7) is 2.28. The molecule has 0 radical (unpaired) electrons. The molecule has 29 heavy (non-hydrogen) atoms. The van der Waals surface area contributed by atoms with E-state index in [0.29, 0.717) is 0 Å². The smallest absolute Gasteiger partial charge is 0.244 e. The van der Waals surface area contributed by atoms with Crippen LogP contribution in [-0.4, -0.2) is 49.4 Å². The van der Waals surface area contributed by atoms with Crippen LogP contribution in [0, 0.1) is 0 Å². The monoisotopic (exact) mass is 407 g/mol. The number of hydrogen-bond acceptors (Lipinski definition) is 4. The van der Waals surface area contributed by atoms with E-state index in [2.05, 4.69) is 23.6 Å². The number of carbonyl (C=O) groups is 2. The number of likely N-dealkylation sites (N-methyl/N-ethyl adjacent to an activating group) is 1. The molecule has 0 unspecified atom stereocenters. The number of anilines is 2. The lowest BCUT2D eigenvalue weighted by atomic mass is 9.73. The predicted molar refractivity (Wildman–Crippen MR) is 117 cm³/mol. The average molecular weight is 408 g/mol. The van der Waals surface area contributed by atoms with Crippen molar-refractivity contribution >= 4 is 35.8 Å². The first-order chi connectivity index (χ1) is 14.0. The molecule has 3 aliphatic rings. The summed E-state index contributed by atoms with van der Waals surface area (Å²) >= 11 is 4.33. The van der Waals surface area contributed by atoms with Crippen molar-refractivity contribution in [3.63, 3.8) is 0 Å². The Morgan fingerprint density at radius 2 is 1.66 bits per heavy atom. The minimum Gasteiger partial charge on any atom is -0.314 e. The fraction of sp³-hybridized carbons (Fsp3) is 0.391. The highest BCUT2D eigenvalue weighted by atomic mass is 32.1. The van der Waals surface area contributed by atoms with Gasteiger partial charge in [0.1, 0.15) is 0 Å². The Morgan fingerprint density at radius 3 is 2.38 bits per heavy atom. The first-order valence-corrected chi connectivity index (χ1v) is 10.7. The molecule has 0 saturated carbocycles. The van der Waals surface area contributed by atoms with Crippen LogP contribution in [0.5, 0.6) is 0 Å². The van der Waals surface area contributed by atoms with Gasteiger partial charge in [0.05, 0.1) is 11.5 Å². The molecule has 2 aromatic carbocycles. The summed E-state index contributed by atoms with van der Waals surface area (Å²) in [6, 6.07) is 15.8. The zero-order valence-electron chi connectivity index (χ0n) is 16.5. The van der Waals surface area contributed by atoms with Crippen molar-refractivity contribution in [3.05, 3.63) is 54.1 Å². The zero-order chi connectivity index (χ0) is 20.2. The molecule has 2 fully saturated rings. The third-order valence-corrected chi connectivity index (χ3v) is 7.22. The van der Waals surface area contributed by atoms with Crippen molar-refractivity contribution in [1.82, 2.24) is 4.90 Å². The van der Waals surface area contributed by atoms with Gasteiger partial charge in [-0.15, -0.1) is 12.6 Å². The molecule has 1 spiro atoms. The van der Waals surface area contributed by atoms with Gasteiger partial charge < -0.3 is 9.80 Å². The SMILES string of the molecule is CN1C(=O)C2(CCN([C@H]3CCN(c4ccc(S)cc4)C3=O)CC2)c2ccccc21. The van der Waals surface area contributed by atoms with E-state index in [1.165, 1.54) is 0 Å². The molecule has 2 saturated heterocycles. The van der Waals surface area contributed by atoms with E-state index in [4.69, 9.17) is 0 Å². The van der Waals surface area contributed by atoms with Crippen LogP contribution in [0.4, 0.5) is 11.4 Å². The summed E-state index contributed by atoms with van der Waals surface area (Å²) in [4.78, 5) is 33.1. The molecule has 5 rings (SSSR count). The minimum atomic E-state index is -0.425. The topological polar surface area (TPSA) is 43.9 Å². The maximum Gasteiger partial charge on any atom is 0.244 e. The molecule has 1 atom stereocenters. The highest BCUT2D eigenvalue weighted by molar-refractivity contribution is 7.80. The number of amides is 2. The molecule has 2 amide bonds. The quantitative estimate of drug-likeness (QED) is 0.778. The van der Waals surface area contributed by atoms with Crippen molar-refractivity contribution in [3.8, 4) is 0 Å². The Bertz CT molecular complexity index is 966. The van der Waals surface area contributed by atoms with E-state index < -0.39 is 5.41 Å². The number of nitrogens with zero attached hydrogens (tertiary/aromatic N) is 3. The van der Waals surface area contributed by atoms with E-state index in [-0.39, 0.29) is 17.9 Å². The second-order valence-electron chi connectivity index (χ2n) is 8.31. The lowest BCUT2D eigenvalue weighted by Gasteiger charge is -2.40. The van der Waals surface area contributed by atoms with Gasteiger partial charge in [-0.3, -0.25) is 14.5 Å². The van der Waals surface area contributed by atoms with Gasteiger partial charge in [-0.05, 0) is 55.2 Å². The molecule has 3 aliphatic heterocycles. The van der Waals surface area contributed by atoms with Crippen LogP contribution in [-0.2, 0) is 15.0 Å². The van der Waals surface area contributed by atoms with Crippen LogP contribution in [0.2, 0.25) is 0 Å². The summed E-state index contributed by atoms with van der Waals surface area (Å²) in [6.07, 6.45) is 2.37. The van der Waals surface area contributed by atoms with E-state index in [1.54, 1.807) is 4.90 Å². The minimum absolute atomic E-state index is 0.0903. The third-order valence-electron chi connectivity index (χ3n) is 6.93. The largest absolute Gasteiger partial charge is 0.314 e. The first-order valence-electron chi connectivity index (χ1n) is 10.2. The van der Waals surface area contributed by atoms with E-state index in [9.17, 15) is 9.59 Å². The predicted octanol–water partition coefficient (Wildman–Crippen LogP) is 3.09. The number of benzene rings is 2. The zero-order valence-corrected chi connectivity index (χ0v) is 17.4. The molecule has 2 aromatic rings. The van der Waals surface area contributed by atoms with Gasteiger partial charge in [-0.1, -0.05) is 18.2 Å². The Balaban J connectivity index is 1.32. The third kappa shape index (κ3) is 2.81. The van der Waals surface area contributed by atoms with Gasteiger partial charge in [-0.25, -0.2) is 0 Å². The van der Waals surface area contributed by atoms with Gasteiger partial charge in [0.15, 0.2) is 0 Å². The normalized spacial score (nSPS) is 23.9. The van der Waals surface area contributed by atoms with E-state index in [1.807, 2.05) is 54.4 Å². The van der Waals surface area contributed by atoms with Crippen LogP contribution >= 0.6 is 12.6 Å². The summed E-state index contributed by atoms with van der Waals surface area (Å²) in [5.41, 5.74) is 2.69. The van der Waals surface area contributed by atoms with Crippen LogP contribution in [0.3, 0.4) is 0 Å². The van der Waals surface area contributed by atoms with Crippen molar-refractivity contribution in [2.45, 2.75) is 35.6 Å². The van der Waals surface area contributed by atoms with Crippen molar-refractivity contribution in [2.24, 2.45) is 0 Å². The summed E-state index contributed by atoms with van der Waals surface area (Å²) in [5, 5.41) is 0. The number of rotatable bonds is 2. The van der Waals surface area contributed by atoms with Crippen LogP contribution in [0.25, 0.3) is 0 Å². The van der Waals surface area contributed by atoms with Crippen LogP contribution < -0.4 is 9.80 Å². The summed E-state index contributed by atoms with van der Waals surface area (Å²) in [5.74, 6) is 0.368. The Labute approximate surface area is 176 Å². The number of carbonyl (C=O) groups excluding carboxylic acids is 2. The fourth-order valence-corrected chi connectivity index (χ4v) is 5.46. The Morgan fingerprint density at radius 1 is 0.966 bits per heavy atom. The number of hydrogen-bond donors (Lipinski definition) is 1. The standard InChI is InChI=1S/C23H25N3O2S/c1-24-19-5-3-2-4-18(19)23(22(24)28)11-14-25(15-12-23)20-10-13-26(21(20)27)16-6-8-17(29)9-7-16/h2-9,20,29H,10-15H2,1H3/t20-/m0/s1. The lowest BCUT2D eigenvalue weighted by molar-refractivity contribution is -0.126. The van der Waals surface area contributed by atoms with Crippen LogP contribution in [0.1, 0.15) is 24.8 Å². The van der Waals surface area contributed by atoms with Gasteiger partial charge in [-0.2, -0.15) is 0 Å². The van der Waals surface area contributed by atoms with Crippen molar-refractivity contribution in [1.29, 1.82) is 0 Å². The average Bonchev–Trinajstić information content (AvgIpc) is 3.22. The van der Waals surface area contributed by atoms with Crippen molar-refractivity contribution in [2.75, 3.05) is 36.5 Å². The Hall–Kier alpha value is -2.31. The summed E-state index contributed by atoms with van der Waals surface area (Å²) < 4.78 is 0. The molecule has 0 N–H and O–H groups in total. The number of thiol groups is 1. The van der Waals surface area contributed by atoms with E-state index >= 15 is 0 Å².